The van der Waals surface area contributed by atoms with Gasteiger partial charge in [0.05, 0.1) is 18.8 Å². The Hall–Kier alpha value is -4.07. The molecule has 0 saturated carbocycles. The van der Waals surface area contributed by atoms with Crippen LogP contribution in [0.25, 0.3) is 12.2 Å². The van der Waals surface area contributed by atoms with E-state index in [9.17, 15) is 29.4 Å². The number of hydrogen-bond acceptors (Lipinski definition) is 12. The highest BCUT2D eigenvalue weighted by Crippen LogP contribution is 2.35. The fourth-order valence-electron chi connectivity index (χ4n) is 5.07. The topological polar surface area (TPSA) is 187 Å². The summed E-state index contributed by atoms with van der Waals surface area (Å²) in [6.07, 6.45) is 8.72. The minimum atomic E-state index is -1.57. The number of esters is 2. The number of hydrogen-bond donors (Lipinski definition) is 3. The molecular weight excluding hydrogens is 624 g/mol. The molecule has 1 aromatic rings. The first kappa shape index (κ1) is 38.4. The monoisotopic (exact) mass is 672 g/mol. The predicted octanol–water partition coefficient (Wildman–Crippen LogP) is 4.64. The second kappa shape index (κ2) is 19.7. The Morgan fingerprint density at radius 2 is 1.85 bits per heavy atom. The summed E-state index contributed by atoms with van der Waals surface area (Å²) in [6.45, 7) is 6.92. The molecule has 2 amide bonds. The molecule has 3 N–H and O–H groups in total. The van der Waals surface area contributed by atoms with Gasteiger partial charge in [-0.25, -0.2) is 14.6 Å². The minimum Gasteiger partial charge on any atom is -0.466 e. The predicted molar refractivity (Wildman–Crippen MR) is 175 cm³/mol. The van der Waals surface area contributed by atoms with Crippen LogP contribution in [0.4, 0.5) is 4.79 Å². The molecule has 13 nitrogen and oxygen atoms in total. The van der Waals surface area contributed by atoms with Crippen LogP contribution in [0.2, 0.25) is 0 Å². The fourth-order valence-corrected chi connectivity index (χ4v) is 5.07. The van der Waals surface area contributed by atoms with E-state index in [4.69, 9.17) is 23.4 Å². The number of aryl methyl sites for hydroxylation is 1. The maximum Gasteiger partial charge on any atom is 0.414 e. The van der Waals surface area contributed by atoms with Crippen molar-refractivity contribution in [1.29, 1.82) is 0 Å². The molecule has 0 radical (unpaired) electrons. The number of unbranched alkanes of at least 4 members (excludes halogenated alkanes) is 4. The number of nitrogens with zero attached hydrogens (tertiary/aromatic N) is 1. The summed E-state index contributed by atoms with van der Waals surface area (Å²) >= 11 is 0. The van der Waals surface area contributed by atoms with E-state index in [0.717, 1.165) is 50.7 Å². The van der Waals surface area contributed by atoms with Gasteiger partial charge in [-0.2, -0.15) is 0 Å². The first-order chi connectivity index (χ1) is 23.0. The molecule has 6 atom stereocenters. The van der Waals surface area contributed by atoms with Crippen LogP contribution in [0, 0.1) is 6.92 Å². The number of rotatable bonds is 13. The fraction of sp³-hybridized carbons (Fsp3) is 0.571. The Balaban J connectivity index is 1.74. The first-order valence-electron chi connectivity index (χ1n) is 16.5. The van der Waals surface area contributed by atoms with Gasteiger partial charge in [-0.05, 0) is 45.3 Å². The van der Waals surface area contributed by atoms with E-state index in [-0.39, 0.29) is 19.0 Å². The van der Waals surface area contributed by atoms with E-state index in [1.807, 2.05) is 18.3 Å². The lowest BCUT2D eigenvalue weighted by molar-refractivity contribution is -0.157. The van der Waals surface area contributed by atoms with Crippen LogP contribution in [0.1, 0.15) is 95.9 Å². The summed E-state index contributed by atoms with van der Waals surface area (Å²) in [7, 11) is 0. The smallest absolute Gasteiger partial charge is 0.414 e. The number of allylic oxidation sites excluding steroid dienone is 3. The lowest BCUT2D eigenvalue weighted by Gasteiger charge is -2.28. The van der Waals surface area contributed by atoms with Gasteiger partial charge in [-0.1, -0.05) is 62.5 Å². The van der Waals surface area contributed by atoms with Crippen LogP contribution in [0.5, 0.6) is 0 Å². The van der Waals surface area contributed by atoms with Crippen molar-refractivity contribution in [3.05, 3.63) is 53.3 Å². The van der Waals surface area contributed by atoms with Gasteiger partial charge in [0, 0.05) is 25.8 Å². The van der Waals surface area contributed by atoms with Crippen LogP contribution in [-0.2, 0) is 33.3 Å². The van der Waals surface area contributed by atoms with Crippen molar-refractivity contribution in [2.45, 2.75) is 122 Å². The summed E-state index contributed by atoms with van der Waals surface area (Å²) in [5.74, 6) is -0.845. The van der Waals surface area contributed by atoms with E-state index in [1.165, 1.54) is 18.2 Å². The van der Waals surface area contributed by atoms with Crippen LogP contribution in [0.15, 0.2) is 40.4 Å². The number of alkyl carbamates (subject to hydrolysis) is 1. The third-order valence-electron chi connectivity index (χ3n) is 7.71. The van der Waals surface area contributed by atoms with Crippen LogP contribution < -0.4 is 5.32 Å². The first-order valence-corrected chi connectivity index (χ1v) is 16.5. The van der Waals surface area contributed by atoms with E-state index < -0.39 is 54.6 Å². The van der Waals surface area contributed by atoms with Gasteiger partial charge in [-0.3, -0.25) is 14.9 Å². The Bertz CT molecular complexity index is 1360. The number of aromatic nitrogens is 1. The summed E-state index contributed by atoms with van der Waals surface area (Å²) in [5, 5.41) is 23.7. The van der Waals surface area contributed by atoms with Gasteiger partial charge in [0.15, 0.2) is 12.2 Å². The molecule has 48 heavy (non-hydrogen) atoms. The maximum atomic E-state index is 12.9. The molecule has 1 aromatic heterocycles. The zero-order chi connectivity index (χ0) is 35.1. The SMILES string of the molecule is CCCCCCCC(=O)OCCC(O)/C=C/[C@H](O)[C@@H]1OC(=O)/C=C\C=C\c2nc(oc2C)/C=C(/C)CC[C@H]2O[C@@H]2[C@H]1OC(=O)NC(C)=O. The molecular formula is C35H48N2O11. The van der Waals surface area contributed by atoms with Crippen molar-refractivity contribution in [3.63, 3.8) is 0 Å². The number of aliphatic hydroxyl groups excluding tert-OH is 2. The van der Waals surface area contributed by atoms with Crippen molar-refractivity contribution < 1.29 is 52.8 Å². The molecule has 13 heteroatoms. The number of nitrogens with one attached hydrogen (secondary N) is 1. The number of ether oxygens (including phenoxy) is 4. The average molecular weight is 673 g/mol. The molecule has 0 spiro atoms. The molecule has 1 unspecified atom stereocenters. The van der Waals surface area contributed by atoms with Crippen molar-refractivity contribution in [2.24, 2.45) is 0 Å². The lowest BCUT2D eigenvalue weighted by atomic mass is 9.99. The largest absolute Gasteiger partial charge is 0.466 e. The molecule has 2 bridgehead atoms. The van der Waals surface area contributed by atoms with Gasteiger partial charge in [0.1, 0.15) is 23.7 Å². The van der Waals surface area contributed by atoms with Crippen molar-refractivity contribution in [2.75, 3.05) is 6.61 Å². The number of amides is 2. The quantitative estimate of drug-likeness (QED) is 0.0868. The highest BCUT2D eigenvalue weighted by molar-refractivity contribution is 5.90. The normalized spacial score (nSPS) is 25.0. The third-order valence-corrected chi connectivity index (χ3v) is 7.71. The van der Waals surface area contributed by atoms with Gasteiger partial charge in [-0.15, -0.1) is 0 Å². The molecule has 1 fully saturated rings. The van der Waals surface area contributed by atoms with Crippen molar-refractivity contribution >= 4 is 36.1 Å². The second-order valence-corrected chi connectivity index (χ2v) is 11.9. The number of cyclic esters (lactones) is 1. The van der Waals surface area contributed by atoms with Crippen molar-refractivity contribution in [1.82, 2.24) is 10.3 Å². The van der Waals surface area contributed by atoms with Crippen LogP contribution in [0.3, 0.4) is 0 Å². The molecule has 1 saturated heterocycles. The van der Waals surface area contributed by atoms with E-state index in [1.54, 1.807) is 19.1 Å². The molecule has 2 aliphatic rings. The van der Waals surface area contributed by atoms with Gasteiger partial charge in [0.2, 0.25) is 11.8 Å². The number of oxazole rings is 1. The standard InChI is InChI=1S/C35H48N2O11/c1-5-6-7-8-9-13-30(41)44-20-19-25(39)16-17-27(40)32-34(48-35(43)36-24(4)38)33-28(46-33)18-15-22(2)21-29-37-26(23(3)45-29)12-10-11-14-31(42)47-32/h10-12,14,16-17,21,25,27-28,32-34,39-40H,5-9,13,15,18-20H2,1-4H3,(H,36,38,43)/b12-10+,14-11-,17-16+,22-21-/t25?,27-,28+,32-,33-,34-/m0/s1. The Kier molecular flexibility index (Phi) is 15.7. The summed E-state index contributed by atoms with van der Waals surface area (Å²) in [6, 6.07) is 0. The van der Waals surface area contributed by atoms with Crippen LogP contribution in [-0.4, -0.2) is 82.4 Å². The molecule has 0 aromatic carbocycles. The summed E-state index contributed by atoms with van der Waals surface area (Å²) < 4.78 is 27.9. The van der Waals surface area contributed by atoms with Gasteiger partial charge in [0.25, 0.3) is 0 Å². The Morgan fingerprint density at radius 3 is 2.60 bits per heavy atom. The molecule has 3 heterocycles. The zero-order valence-electron chi connectivity index (χ0n) is 28.1. The Labute approximate surface area is 281 Å². The zero-order valence-corrected chi connectivity index (χ0v) is 28.1. The van der Waals surface area contributed by atoms with E-state index in [2.05, 4.69) is 11.9 Å². The lowest BCUT2D eigenvalue weighted by Crippen LogP contribution is -2.48. The minimum absolute atomic E-state index is 0.0242. The summed E-state index contributed by atoms with van der Waals surface area (Å²) in [4.78, 5) is 53.4. The van der Waals surface area contributed by atoms with Gasteiger partial charge < -0.3 is 33.6 Å². The number of epoxide rings is 1. The highest BCUT2D eigenvalue weighted by Gasteiger charge is 2.52. The number of carbonyl (C=O) groups is 4. The number of fused-ring (bicyclic) bond motifs is 3. The molecule has 2 aliphatic heterocycles. The van der Waals surface area contributed by atoms with Crippen molar-refractivity contribution in [3.8, 4) is 0 Å². The second-order valence-electron chi connectivity index (χ2n) is 11.9. The molecule has 264 valence electrons. The van der Waals surface area contributed by atoms with E-state index in [0.29, 0.717) is 36.6 Å². The molecule has 3 rings (SSSR count). The van der Waals surface area contributed by atoms with Gasteiger partial charge >= 0.3 is 18.0 Å². The Morgan fingerprint density at radius 1 is 1.10 bits per heavy atom. The number of aliphatic hydroxyl groups is 2. The average Bonchev–Trinajstić information content (AvgIpc) is 3.72. The maximum absolute atomic E-state index is 12.9. The van der Waals surface area contributed by atoms with E-state index >= 15 is 0 Å². The summed E-state index contributed by atoms with van der Waals surface area (Å²) in [5.41, 5.74) is 1.54. The number of imide groups is 1. The third kappa shape index (κ3) is 13.6. The highest BCUT2D eigenvalue weighted by atomic mass is 16.7. The molecule has 0 aliphatic carbocycles. The number of carbonyl (C=O) groups excluding carboxylic acids is 4. The van der Waals surface area contributed by atoms with Crippen LogP contribution >= 0.6 is 0 Å².